The molecule has 0 saturated heterocycles. The van der Waals surface area contributed by atoms with Crippen molar-refractivity contribution >= 4 is 28.2 Å². The fraction of sp³-hybridized carbons (Fsp3) is 0. The minimum atomic E-state index is 0.375. The van der Waals surface area contributed by atoms with E-state index in [1.54, 1.807) is 6.26 Å². The molecule has 2 nitrogen and oxygen atoms in total. The molecule has 0 unspecified atom stereocenters. The molecular weight excluding hydrogens is 170 g/mol. The predicted octanol–water partition coefficient (Wildman–Crippen LogP) is 2.07. The highest BCUT2D eigenvalue weighted by molar-refractivity contribution is 7.80. The van der Waals surface area contributed by atoms with E-state index >= 15 is 0 Å². The third kappa shape index (κ3) is 0.987. The van der Waals surface area contributed by atoms with Gasteiger partial charge >= 0.3 is 0 Å². The number of para-hydroxylation sites is 1. The van der Waals surface area contributed by atoms with Crippen molar-refractivity contribution in [2.24, 2.45) is 5.73 Å². The largest absolute Gasteiger partial charge is 0.464 e. The van der Waals surface area contributed by atoms with Crippen LogP contribution >= 0.6 is 12.2 Å². The first-order chi connectivity index (χ1) is 5.79. The van der Waals surface area contributed by atoms with E-state index in [2.05, 4.69) is 0 Å². The number of hydrogen-bond donors (Lipinski definition) is 1. The van der Waals surface area contributed by atoms with Gasteiger partial charge < -0.3 is 10.2 Å². The molecule has 0 saturated carbocycles. The Morgan fingerprint density at radius 2 is 2.08 bits per heavy atom. The van der Waals surface area contributed by atoms with Crippen LogP contribution in [0.15, 0.2) is 34.9 Å². The van der Waals surface area contributed by atoms with Gasteiger partial charge in [0, 0.05) is 5.39 Å². The number of furan rings is 1. The zero-order chi connectivity index (χ0) is 8.55. The molecule has 60 valence electrons. The first-order valence-corrected chi connectivity index (χ1v) is 3.96. The Morgan fingerprint density at radius 3 is 2.83 bits per heavy atom. The lowest BCUT2D eigenvalue weighted by Crippen LogP contribution is -2.07. The Morgan fingerprint density at radius 1 is 1.33 bits per heavy atom. The van der Waals surface area contributed by atoms with Gasteiger partial charge in [0.1, 0.15) is 16.8 Å². The zero-order valence-electron chi connectivity index (χ0n) is 6.28. The van der Waals surface area contributed by atoms with Crippen LogP contribution in [0.5, 0.6) is 0 Å². The van der Waals surface area contributed by atoms with Gasteiger partial charge in [-0.25, -0.2) is 0 Å². The minimum Gasteiger partial charge on any atom is -0.464 e. The zero-order valence-corrected chi connectivity index (χ0v) is 7.10. The van der Waals surface area contributed by atoms with Gasteiger partial charge in [-0.05, 0) is 6.07 Å². The fourth-order valence-electron chi connectivity index (χ4n) is 1.17. The molecule has 0 aliphatic carbocycles. The molecule has 0 spiro atoms. The Kier molecular flexibility index (Phi) is 1.59. The van der Waals surface area contributed by atoms with Crippen molar-refractivity contribution in [1.29, 1.82) is 0 Å². The maximum Gasteiger partial charge on any atom is 0.134 e. The van der Waals surface area contributed by atoms with Crippen LogP contribution in [0.1, 0.15) is 5.56 Å². The highest BCUT2D eigenvalue weighted by atomic mass is 32.1. The maximum absolute atomic E-state index is 5.50. The number of hydrogen-bond acceptors (Lipinski definition) is 2. The van der Waals surface area contributed by atoms with Crippen molar-refractivity contribution < 1.29 is 4.42 Å². The van der Waals surface area contributed by atoms with Gasteiger partial charge in [-0.1, -0.05) is 30.4 Å². The van der Waals surface area contributed by atoms with Gasteiger partial charge in [0.2, 0.25) is 0 Å². The maximum atomic E-state index is 5.50. The molecule has 12 heavy (non-hydrogen) atoms. The number of thiocarbonyl (C=S) groups is 1. The standard InChI is InChI=1S/C9H7NOS/c10-9(12)7-5-11-8-4-2-1-3-6(7)8/h1-5H,(H2,10,12). The molecule has 0 aliphatic heterocycles. The smallest absolute Gasteiger partial charge is 0.134 e. The molecule has 1 aromatic carbocycles. The summed E-state index contributed by atoms with van der Waals surface area (Å²) in [5, 5.41) is 0.977. The second-order valence-electron chi connectivity index (χ2n) is 2.51. The molecule has 0 atom stereocenters. The first-order valence-electron chi connectivity index (χ1n) is 3.55. The van der Waals surface area contributed by atoms with E-state index in [0.29, 0.717) is 4.99 Å². The summed E-state index contributed by atoms with van der Waals surface area (Å²) in [7, 11) is 0. The molecule has 2 aromatic rings. The number of fused-ring (bicyclic) bond motifs is 1. The molecule has 2 N–H and O–H groups in total. The van der Waals surface area contributed by atoms with Crippen LogP contribution in [0.3, 0.4) is 0 Å². The molecule has 0 aliphatic rings. The molecule has 0 bridgehead atoms. The van der Waals surface area contributed by atoms with Gasteiger partial charge in [0.25, 0.3) is 0 Å². The van der Waals surface area contributed by atoms with Crippen LogP contribution in [0.25, 0.3) is 11.0 Å². The second-order valence-corrected chi connectivity index (χ2v) is 2.95. The van der Waals surface area contributed by atoms with Gasteiger partial charge in [-0.15, -0.1) is 0 Å². The van der Waals surface area contributed by atoms with Crippen LogP contribution in [0.2, 0.25) is 0 Å². The van der Waals surface area contributed by atoms with E-state index < -0.39 is 0 Å². The fourth-order valence-corrected chi connectivity index (χ4v) is 1.33. The summed E-state index contributed by atoms with van der Waals surface area (Å²) >= 11 is 4.86. The monoisotopic (exact) mass is 177 g/mol. The second kappa shape index (κ2) is 2.60. The number of nitrogens with two attached hydrogens (primary N) is 1. The Balaban J connectivity index is 2.79. The van der Waals surface area contributed by atoms with E-state index in [0.717, 1.165) is 16.5 Å². The van der Waals surface area contributed by atoms with Crippen LogP contribution < -0.4 is 5.73 Å². The van der Waals surface area contributed by atoms with Gasteiger partial charge in [-0.2, -0.15) is 0 Å². The Labute approximate surface area is 75.0 Å². The lowest BCUT2D eigenvalue weighted by Gasteiger charge is -1.90. The lowest BCUT2D eigenvalue weighted by atomic mass is 10.2. The summed E-state index contributed by atoms with van der Waals surface area (Å²) in [6.45, 7) is 0. The topological polar surface area (TPSA) is 39.2 Å². The molecule has 1 heterocycles. The third-order valence-electron chi connectivity index (χ3n) is 1.75. The van der Waals surface area contributed by atoms with Gasteiger partial charge in [0.15, 0.2) is 0 Å². The highest BCUT2D eigenvalue weighted by Crippen LogP contribution is 2.19. The number of rotatable bonds is 1. The molecule has 1 aromatic heterocycles. The van der Waals surface area contributed by atoms with E-state index in [1.165, 1.54) is 0 Å². The summed E-state index contributed by atoms with van der Waals surface area (Å²) in [5.41, 5.74) is 7.12. The summed E-state index contributed by atoms with van der Waals surface area (Å²) in [5.74, 6) is 0. The Bertz CT molecular complexity index is 433. The molecule has 0 radical (unpaired) electrons. The van der Waals surface area contributed by atoms with Crippen LogP contribution in [0.4, 0.5) is 0 Å². The van der Waals surface area contributed by atoms with E-state index in [9.17, 15) is 0 Å². The lowest BCUT2D eigenvalue weighted by molar-refractivity contribution is 0.615. The molecule has 2 rings (SSSR count). The van der Waals surface area contributed by atoms with Crippen molar-refractivity contribution in [3.63, 3.8) is 0 Å². The first kappa shape index (κ1) is 7.31. The quantitative estimate of drug-likeness (QED) is 0.678. The average Bonchev–Trinajstić information content (AvgIpc) is 2.47. The normalized spacial score (nSPS) is 10.3. The van der Waals surface area contributed by atoms with Crippen molar-refractivity contribution in [3.05, 3.63) is 36.1 Å². The predicted molar refractivity (Wildman–Crippen MR) is 52.1 cm³/mol. The van der Waals surface area contributed by atoms with Crippen LogP contribution in [-0.4, -0.2) is 4.99 Å². The van der Waals surface area contributed by atoms with Crippen molar-refractivity contribution in [3.8, 4) is 0 Å². The van der Waals surface area contributed by atoms with Crippen molar-refractivity contribution in [1.82, 2.24) is 0 Å². The summed E-state index contributed by atoms with van der Waals surface area (Å²) < 4.78 is 5.24. The summed E-state index contributed by atoms with van der Waals surface area (Å²) in [6.07, 6.45) is 1.59. The van der Waals surface area contributed by atoms with Crippen molar-refractivity contribution in [2.45, 2.75) is 0 Å². The third-order valence-corrected chi connectivity index (χ3v) is 1.97. The SMILES string of the molecule is NC(=S)c1coc2ccccc12. The van der Waals surface area contributed by atoms with Crippen molar-refractivity contribution in [2.75, 3.05) is 0 Å². The number of benzene rings is 1. The van der Waals surface area contributed by atoms with Gasteiger partial charge in [0.05, 0.1) is 5.56 Å². The van der Waals surface area contributed by atoms with E-state index in [4.69, 9.17) is 22.4 Å². The minimum absolute atomic E-state index is 0.375. The van der Waals surface area contributed by atoms with Crippen LogP contribution in [-0.2, 0) is 0 Å². The molecule has 0 fully saturated rings. The summed E-state index contributed by atoms with van der Waals surface area (Å²) in [4.78, 5) is 0.375. The Hall–Kier alpha value is -1.35. The highest BCUT2D eigenvalue weighted by Gasteiger charge is 2.05. The van der Waals surface area contributed by atoms with E-state index in [-0.39, 0.29) is 0 Å². The molecule has 3 heteroatoms. The summed E-state index contributed by atoms with van der Waals surface area (Å²) in [6, 6.07) is 7.67. The van der Waals surface area contributed by atoms with Crippen LogP contribution in [0, 0.1) is 0 Å². The molecular formula is C9H7NOS. The average molecular weight is 177 g/mol. The van der Waals surface area contributed by atoms with E-state index in [1.807, 2.05) is 24.3 Å². The van der Waals surface area contributed by atoms with Gasteiger partial charge in [-0.3, -0.25) is 0 Å². The molecule has 0 amide bonds.